The average Bonchev–Trinajstić information content (AvgIpc) is 2.80. The minimum absolute atomic E-state index is 0.00693. The molecule has 0 aromatic heterocycles. The van der Waals surface area contributed by atoms with E-state index in [1.807, 2.05) is 0 Å². The van der Waals surface area contributed by atoms with E-state index < -0.39 is 49.9 Å². The molecule has 0 bridgehead atoms. The van der Waals surface area contributed by atoms with Crippen LogP contribution in [-0.4, -0.2) is 58.0 Å². The SMILES string of the molecule is Cc1c(F)c(F)c(C(=O)O)c(C2=C3C=CC(=[N+](C)C)C=C3S(=O)(=O)c3cc(N(C)C)ccc32)c1F. The van der Waals surface area contributed by atoms with E-state index >= 15 is 4.39 Å². The van der Waals surface area contributed by atoms with Gasteiger partial charge in [0.05, 0.1) is 9.80 Å². The number of halogens is 3. The van der Waals surface area contributed by atoms with Crippen molar-refractivity contribution in [2.24, 2.45) is 0 Å². The van der Waals surface area contributed by atoms with Crippen molar-refractivity contribution in [2.45, 2.75) is 11.8 Å². The number of carbonyl (C=O) groups is 1. The maximum Gasteiger partial charge on any atom is 0.339 e. The van der Waals surface area contributed by atoms with Gasteiger partial charge in [-0.3, -0.25) is 0 Å². The fourth-order valence-corrected chi connectivity index (χ4v) is 5.89. The molecule has 0 unspecified atom stereocenters. The number of allylic oxidation sites excluding steroid dienone is 4. The molecule has 2 aliphatic rings. The van der Waals surface area contributed by atoms with Crippen LogP contribution in [0.1, 0.15) is 27.0 Å². The zero-order chi connectivity index (χ0) is 26.0. The van der Waals surface area contributed by atoms with Crippen molar-refractivity contribution in [1.82, 2.24) is 0 Å². The number of carboxylic acids is 1. The molecule has 10 heteroatoms. The van der Waals surface area contributed by atoms with Gasteiger partial charge in [-0.05, 0) is 25.1 Å². The maximum absolute atomic E-state index is 15.6. The van der Waals surface area contributed by atoms with Crippen LogP contribution < -0.4 is 4.90 Å². The number of hydrogen-bond donors (Lipinski definition) is 1. The second-order valence-electron chi connectivity index (χ2n) is 8.65. The van der Waals surface area contributed by atoms with Crippen molar-refractivity contribution in [1.29, 1.82) is 0 Å². The molecule has 35 heavy (non-hydrogen) atoms. The predicted octanol–water partition coefficient (Wildman–Crippen LogP) is 3.93. The van der Waals surface area contributed by atoms with Crippen molar-refractivity contribution in [3.05, 3.63) is 86.6 Å². The largest absolute Gasteiger partial charge is 0.478 e. The summed E-state index contributed by atoms with van der Waals surface area (Å²) >= 11 is 0. The molecule has 4 rings (SSSR count). The number of rotatable bonds is 3. The number of fused-ring (bicyclic) bond motifs is 2. The Labute approximate surface area is 200 Å². The van der Waals surface area contributed by atoms with Gasteiger partial charge in [0.2, 0.25) is 15.5 Å². The Kier molecular flexibility index (Phi) is 5.75. The van der Waals surface area contributed by atoms with E-state index in [2.05, 4.69) is 0 Å². The topological polar surface area (TPSA) is 77.7 Å². The number of anilines is 1. The van der Waals surface area contributed by atoms with E-state index in [1.165, 1.54) is 24.3 Å². The predicted molar refractivity (Wildman–Crippen MR) is 126 cm³/mol. The lowest BCUT2D eigenvalue weighted by atomic mass is 9.85. The lowest BCUT2D eigenvalue weighted by Gasteiger charge is -2.28. The normalized spacial score (nSPS) is 16.0. The minimum atomic E-state index is -4.14. The van der Waals surface area contributed by atoms with E-state index in [0.717, 1.165) is 6.92 Å². The van der Waals surface area contributed by atoms with E-state index in [0.29, 0.717) is 11.4 Å². The first kappa shape index (κ1) is 24.5. The zero-order valence-corrected chi connectivity index (χ0v) is 20.4. The minimum Gasteiger partial charge on any atom is -0.478 e. The van der Waals surface area contributed by atoms with Crippen LogP contribution in [0.15, 0.2) is 51.8 Å². The number of aromatic carboxylic acids is 1. The molecule has 1 aliphatic heterocycles. The summed E-state index contributed by atoms with van der Waals surface area (Å²) in [7, 11) is 2.70. The molecule has 0 atom stereocenters. The quantitative estimate of drug-likeness (QED) is 0.507. The van der Waals surface area contributed by atoms with Gasteiger partial charge in [0.15, 0.2) is 11.6 Å². The fourth-order valence-electron chi connectivity index (χ4n) is 4.18. The molecule has 0 saturated carbocycles. The highest BCUT2D eigenvalue weighted by Crippen LogP contribution is 2.47. The lowest BCUT2D eigenvalue weighted by molar-refractivity contribution is -0.462. The summed E-state index contributed by atoms with van der Waals surface area (Å²) in [4.78, 5) is 13.3. The van der Waals surface area contributed by atoms with Crippen molar-refractivity contribution in [3.63, 3.8) is 0 Å². The molecule has 0 saturated heterocycles. The fraction of sp³-hybridized carbons (Fsp3) is 0.200. The average molecular weight is 504 g/mol. The third-order valence-corrected chi connectivity index (χ3v) is 7.92. The highest BCUT2D eigenvalue weighted by molar-refractivity contribution is 7.95. The Balaban J connectivity index is 2.27. The van der Waals surface area contributed by atoms with Crippen LogP contribution in [0.3, 0.4) is 0 Å². The standard InChI is InChI=1S/C25H21F3N2O4S/c1-12-22(26)20(21(25(31)32)24(28)23(12)27)19-15-8-6-13(29(2)3)10-17(15)35(33,34)18-11-14(30(4)5)7-9-16(18)19/h6-11H,1-5H3/p+1. The Hall–Kier alpha value is -3.66. The van der Waals surface area contributed by atoms with Crippen LogP contribution in [0.4, 0.5) is 18.9 Å². The molecule has 0 fully saturated rings. The van der Waals surface area contributed by atoms with Crippen LogP contribution in [0.2, 0.25) is 0 Å². The molecule has 1 aliphatic carbocycles. The van der Waals surface area contributed by atoms with Gasteiger partial charge in [-0.1, -0.05) is 6.07 Å². The zero-order valence-electron chi connectivity index (χ0n) is 19.6. The number of sulfone groups is 1. The number of nitrogens with zero attached hydrogens (tertiary/aromatic N) is 2. The van der Waals surface area contributed by atoms with Gasteiger partial charge in [-0.25, -0.2) is 31.0 Å². The Bertz CT molecular complexity index is 1560. The number of carboxylic acid groups (broad SMARTS) is 1. The Morgan fingerprint density at radius 3 is 2.26 bits per heavy atom. The van der Waals surface area contributed by atoms with Crippen molar-refractivity contribution in [2.75, 3.05) is 33.1 Å². The lowest BCUT2D eigenvalue weighted by Crippen LogP contribution is -2.23. The third-order valence-electron chi connectivity index (χ3n) is 6.08. The van der Waals surface area contributed by atoms with Gasteiger partial charge in [-0.2, -0.15) is 0 Å². The summed E-state index contributed by atoms with van der Waals surface area (Å²) in [6.45, 7) is 0.995. The van der Waals surface area contributed by atoms with Crippen LogP contribution in [0, 0.1) is 24.4 Å². The molecule has 0 radical (unpaired) electrons. The van der Waals surface area contributed by atoms with E-state index in [-0.39, 0.29) is 26.5 Å². The molecule has 6 nitrogen and oxygen atoms in total. The van der Waals surface area contributed by atoms with Crippen LogP contribution in [-0.2, 0) is 9.84 Å². The Morgan fingerprint density at radius 1 is 1.03 bits per heavy atom. The van der Waals surface area contributed by atoms with Gasteiger partial charge in [0, 0.05) is 59.8 Å². The van der Waals surface area contributed by atoms with Crippen molar-refractivity contribution < 1.29 is 36.1 Å². The molecule has 0 amide bonds. The summed E-state index contributed by atoms with van der Waals surface area (Å²) in [5.74, 6) is -6.49. The summed E-state index contributed by atoms with van der Waals surface area (Å²) in [5, 5.41) is 9.73. The van der Waals surface area contributed by atoms with Gasteiger partial charge in [0.25, 0.3) is 0 Å². The first-order valence-electron chi connectivity index (χ1n) is 10.4. The Morgan fingerprint density at radius 2 is 1.69 bits per heavy atom. The van der Waals surface area contributed by atoms with Crippen LogP contribution in [0.25, 0.3) is 5.57 Å². The molecule has 1 heterocycles. The van der Waals surface area contributed by atoms with Crippen LogP contribution in [0.5, 0.6) is 0 Å². The smallest absolute Gasteiger partial charge is 0.339 e. The number of benzene rings is 2. The maximum atomic E-state index is 15.6. The van der Waals surface area contributed by atoms with Gasteiger partial charge >= 0.3 is 5.97 Å². The highest BCUT2D eigenvalue weighted by atomic mass is 32.2. The summed E-state index contributed by atoms with van der Waals surface area (Å²) in [6.07, 6.45) is 4.39. The molecule has 182 valence electrons. The summed E-state index contributed by atoms with van der Waals surface area (Å²) in [5.41, 5.74) is -1.72. The molecule has 2 aromatic carbocycles. The molecule has 1 N–H and O–H groups in total. The molecule has 0 spiro atoms. The summed E-state index contributed by atoms with van der Waals surface area (Å²) < 4.78 is 73.9. The second-order valence-corrected chi connectivity index (χ2v) is 10.5. The van der Waals surface area contributed by atoms with Crippen LogP contribution >= 0.6 is 0 Å². The van der Waals surface area contributed by atoms with Gasteiger partial charge < -0.3 is 10.0 Å². The first-order valence-corrected chi connectivity index (χ1v) is 11.9. The summed E-state index contributed by atoms with van der Waals surface area (Å²) in [6, 6.07) is 4.39. The monoisotopic (exact) mass is 503 g/mol. The van der Waals surface area contributed by atoms with Gasteiger partial charge in [-0.15, -0.1) is 0 Å². The van der Waals surface area contributed by atoms with Crippen molar-refractivity contribution >= 4 is 32.8 Å². The van der Waals surface area contributed by atoms with E-state index in [4.69, 9.17) is 0 Å². The van der Waals surface area contributed by atoms with Crippen molar-refractivity contribution in [3.8, 4) is 0 Å². The highest BCUT2D eigenvalue weighted by Gasteiger charge is 2.40. The van der Waals surface area contributed by atoms with Gasteiger partial charge in [0.1, 0.15) is 25.5 Å². The first-order chi connectivity index (χ1) is 16.3. The molecular formula is C25H22F3N2O4S+. The third kappa shape index (κ3) is 3.59. The molecular weight excluding hydrogens is 481 g/mol. The second kappa shape index (κ2) is 8.23. The van der Waals surface area contributed by atoms with E-state index in [1.54, 1.807) is 49.8 Å². The molecule has 2 aromatic rings. The number of hydrogen-bond acceptors (Lipinski definition) is 4. The van der Waals surface area contributed by atoms with E-state index in [9.17, 15) is 27.1 Å².